The Morgan fingerprint density at radius 3 is 2.67 bits per heavy atom. The Labute approximate surface area is 110 Å². The molecule has 2 heterocycles. The maximum atomic E-state index is 4.65. The van der Waals surface area contributed by atoms with Gasteiger partial charge in [0.25, 0.3) is 0 Å². The van der Waals surface area contributed by atoms with Crippen LogP contribution in [0.15, 0.2) is 48.0 Å². The first kappa shape index (κ1) is 11.0. The van der Waals surface area contributed by atoms with Crippen LogP contribution in [0.2, 0.25) is 0 Å². The monoisotopic (exact) mass is 255 g/mol. The zero-order valence-electron chi connectivity index (χ0n) is 9.97. The first-order valence-electron chi connectivity index (χ1n) is 5.74. The molecular formula is C14H13N3S. The van der Waals surface area contributed by atoms with Crippen LogP contribution in [0.5, 0.6) is 0 Å². The summed E-state index contributed by atoms with van der Waals surface area (Å²) < 4.78 is 0. The Hall–Kier alpha value is -2.07. The van der Waals surface area contributed by atoms with E-state index in [-0.39, 0.29) is 0 Å². The molecule has 3 rings (SSSR count). The van der Waals surface area contributed by atoms with Crippen molar-refractivity contribution >= 4 is 17.0 Å². The lowest BCUT2D eigenvalue weighted by Crippen LogP contribution is -1.87. The number of aromatic nitrogens is 2. The first-order chi connectivity index (χ1) is 8.86. The molecule has 2 aromatic heterocycles. The van der Waals surface area contributed by atoms with E-state index >= 15 is 0 Å². The molecule has 1 aromatic carbocycles. The third-order valence-electron chi connectivity index (χ3n) is 2.80. The summed E-state index contributed by atoms with van der Waals surface area (Å²) in [5.74, 6) is 0. The van der Waals surface area contributed by atoms with E-state index < -0.39 is 0 Å². The molecule has 0 saturated carbocycles. The predicted molar refractivity (Wildman–Crippen MR) is 76.9 cm³/mol. The minimum atomic E-state index is 1.02. The van der Waals surface area contributed by atoms with Crippen LogP contribution in [0.1, 0.15) is 0 Å². The van der Waals surface area contributed by atoms with Gasteiger partial charge in [0, 0.05) is 29.9 Å². The number of rotatable bonds is 3. The largest absolute Gasteiger partial charge is 0.388 e. The van der Waals surface area contributed by atoms with Gasteiger partial charge < -0.3 is 10.3 Å². The molecule has 0 unspecified atom stereocenters. The van der Waals surface area contributed by atoms with Gasteiger partial charge >= 0.3 is 0 Å². The summed E-state index contributed by atoms with van der Waals surface area (Å²) in [6.45, 7) is 0. The van der Waals surface area contributed by atoms with Crippen LogP contribution in [0.25, 0.3) is 22.0 Å². The number of nitrogens with zero attached hydrogens (tertiary/aromatic N) is 1. The molecule has 90 valence electrons. The summed E-state index contributed by atoms with van der Waals surface area (Å²) >= 11 is 1.65. The summed E-state index contributed by atoms with van der Waals surface area (Å²) in [7, 11) is 1.92. The Morgan fingerprint density at radius 1 is 1.17 bits per heavy atom. The van der Waals surface area contributed by atoms with E-state index in [9.17, 15) is 0 Å². The van der Waals surface area contributed by atoms with Crippen molar-refractivity contribution in [3.8, 4) is 22.0 Å². The lowest BCUT2D eigenvalue weighted by atomic mass is 10.1. The van der Waals surface area contributed by atoms with Gasteiger partial charge in [0.05, 0.1) is 11.4 Å². The molecule has 18 heavy (non-hydrogen) atoms. The molecular weight excluding hydrogens is 242 g/mol. The van der Waals surface area contributed by atoms with Crippen molar-refractivity contribution in [3.63, 3.8) is 0 Å². The van der Waals surface area contributed by atoms with Crippen molar-refractivity contribution in [2.45, 2.75) is 0 Å². The fourth-order valence-corrected chi connectivity index (χ4v) is 2.62. The summed E-state index contributed by atoms with van der Waals surface area (Å²) in [5.41, 5.74) is 4.34. The van der Waals surface area contributed by atoms with Crippen molar-refractivity contribution in [1.82, 2.24) is 9.97 Å². The van der Waals surface area contributed by atoms with E-state index in [1.807, 2.05) is 25.4 Å². The van der Waals surface area contributed by atoms with Gasteiger partial charge in [-0.15, -0.1) is 11.3 Å². The molecule has 3 nitrogen and oxygen atoms in total. The number of aromatic amines is 1. The number of hydrogen-bond donors (Lipinski definition) is 2. The van der Waals surface area contributed by atoms with Crippen LogP contribution >= 0.6 is 11.3 Å². The van der Waals surface area contributed by atoms with Crippen molar-refractivity contribution in [1.29, 1.82) is 0 Å². The van der Waals surface area contributed by atoms with E-state index in [0.717, 1.165) is 27.6 Å². The summed E-state index contributed by atoms with van der Waals surface area (Å²) in [4.78, 5) is 7.82. The van der Waals surface area contributed by atoms with E-state index in [0.29, 0.717) is 0 Å². The minimum Gasteiger partial charge on any atom is -0.388 e. The lowest BCUT2D eigenvalue weighted by molar-refractivity contribution is 1.34. The molecule has 0 atom stereocenters. The van der Waals surface area contributed by atoms with Gasteiger partial charge in [0.1, 0.15) is 5.01 Å². The number of hydrogen-bond acceptors (Lipinski definition) is 3. The quantitative estimate of drug-likeness (QED) is 0.746. The van der Waals surface area contributed by atoms with Gasteiger partial charge in [-0.2, -0.15) is 0 Å². The predicted octanol–water partition coefficient (Wildman–Crippen LogP) is 3.85. The van der Waals surface area contributed by atoms with Gasteiger partial charge in [-0.1, -0.05) is 12.1 Å². The third kappa shape index (κ3) is 2.02. The molecule has 0 amide bonds. The van der Waals surface area contributed by atoms with Gasteiger partial charge in [-0.25, -0.2) is 4.98 Å². The second-order valence-corrected chi connectivity index (χ2v) is 4.81. The Balaban J connectivity index is 1.92. The van der Waals surface area contributed by atoms with Crippen LogP contribution < -0.4 is 5.32 Å². The number of benzene rings is 1. The molecule has 0 aliphatic heterocycles. The molecule has 4 heteroatoms. The second kappa shape index (κ2) is 4.66. The standard InChI is InChI=1S/C14H13N3S/c1-15-11-6-4-10(5-7-11)13-9-18-14(17-13)12-3-2-8-16-12/h2-9,15-16H,1H3. The normalized spacial score (nSPS) is 10.5. The molecule has 0 radical (unpaired) electrons. The van der Waals surface area contributed by atoms with Gasteiger partial charge in [-0.3, -0.25) is 0 Å². The van der Waals surface area contributed by atoms with E-state index in [1.165, 1.54) is 0 Å². The number of nitrogens with one attached hydrogen (secondary N) is 2. The Kier molecular flexibility index (Phi) is 2.86. The van der Waals surface area contributed by atoms with Gasteiger partial charge in [0.15, 0.2) is 0 Å². The van der Waals surface area contributed by atoms with Gasteiger partial charge in [0.2, 0.25) is 0 Å². The van der Waals surface area contributed by atoms with Crippen LogP contribution in [0.4, 0.5) is 5.69 Å². The SMILES string of the molecule is CNc1ccc(-c2csc(-c3ccc[nH]3)n2)cc1. The van der Waals surface area contributed by atoms with Crippen LogP contribution in [-0.4, -0.2) is 17.0 Å². The zero-order valence-corrected chi connectivity index (χ0v) is 10.8. The van der Waals surface area contributed by atoms with Crippen LogP contribution in [0.3, 0.4) is 0 Å². The molecule has 3 aromatic rings. The number of thiazole rings is 1. The van der Waals surface area contributed by atoms with Crippen LogP contribution in [0, 0.1) is 0 Å². The lowest BCUT2D eigenvalue weighted by Gasteiger charge is -2.00. The molecule has 0 spiro atoms. The van der Waals surface area contributed by atoms with Gasteiger partial charge in [-0.05, 0) is 24.3 Å². The minimum absolute atomic E-state index is 1.02. The molecule has 0 aliphatic carbocycles. The summed E-state index contributed by atoms with van der Waals surface area (Å²) in [5, 5.41) is 6.22. The molecule has 0 fully saturated rings. The summed E-state index contributed by atoms with van der Waals surface area (Å²) in [6.07, 6.45) is 1.91. The molecule has 0 aliphatic rings. The number of H-pyrrole nitrogens is 1. The van der Waals surface area contributed by atoms with E-state index in [4.69, 9.17) is 0 Å². The maximum absolute atomic E-state index is 4.65. The van der Waals surface area contributed by atoms with Crippen LogP contribution in [-0.2, 0) is 0 Å². The maximum Gasteiger partial charge on any atom is 0.140 e. The molecule has 2 N–H and O–H groups in total. The highest BCUT2D eigenvalue weighted by atomic mass is 32.1. The van der Waals surface area contributed by atoms with Crippen molar-refractivity contribution in [2.24, 2.45) is 0 Å². The average molecular weight is 255 g/mol. The fourth-order valence-electron chi connectivity index (χ4n) is 1.80. The molecule has 0 bridgehead atoms. The highest BCUT2D eigenvalue weighted by Crippen LogP contribution is 2.28. The van der Waals surface area contributed by atoms with Crippen molar-refractivity contribution in [2.75, 3.05) is 12.4 Å². The Morgan fingerprint density at radius 2 is 2.00 bits per heavy atom. The van der Waals surface area contributed by atoms with E-state index in [2.05, 4.69) is 44.9 Å². The second-order valence-electron chi connectivity index (χ2n) is 3.95. The highest BCUT2D eigenvalue weighted by molar-refractivity contribution is 7.13. The zero-order chi connectivity index (χ0) is 12.4. The first-order valence-corrected chi connectivity index (χ1v) is 6.62. The summed E-state index contributed by atoms with van der Waals surface area (Å²) in [6, 6.07) is 12.3. The van der Waals surface area contributed by atoms with Crippen molar-refractivity contribution in [3.05, 3.63) is 48.0 Å². The average Bonchev–Trinajstić information content (AvgIpc) is 3.09. The Bertz CT molecular complexity index is 623. The van der Waals surface area contributed by atoms with E-state index in [1.54, 1.807) is 11.3 Å². The van der Waals surface area contributed by atoms with Crippen molar-refractivity contribution < 1.29 is 0 Å². The smallest absolute Gasteiger partial charge is 0.140 e. The highest BCUT2D eigenvalue weighted by Gasteiger charge is 2.06. The number of anilines is 1. The molecule has 0 saturated heterocycles. The third-order valence-corrected chi connectivity index (χ3v) is 3.68. The topological polar surface area (TPSA) is 40.7 Å². The fraction of sp³-hybridized carbons (Fsp3) is 0.0714.